The van der Waals surface area contributed by atoms with Crippen molar-refractivity contribution in [2.45, 2.75) is 9.71 Å². The summed E-state index contributed by atoms with van der Waals surface area (Å²) in [7, 11) is 0. The van der Waals surface area contributed by atoms with Gasteiger partial charge in [-0.1, -0.05) is 60.7 Å². The molecule has 3 heteroatoms. The lowest BCUT2D eigenvalue weighted by atomic mass is 9.92. The lowest BCUT2D eigenvalue weighted by molar-refractivity contribution is 0.791. The van der Waals surface area contributed by atoms with Gasteiger partial charge >= 0.3 is 0 Å². The molecule has 0 saturated carbocycles. The number of rotatable bonds is 3. The molecule has 0 aromatic heterocycles. The van der Waals surface area contributed by atoms with E-state index in [-0.39, 0.29) is 0 Å². The highest BCUT2D eigenvalue weighted by atomic mass is 35.5. The Labute approximate surface area is 116 Å². The standard InChI is InChI=1S/C14H11Cl3/c15-13(16)14(17,11-7-3-1-4-8-11)12-9-5-2-6-10-12/h1-10,13H. The Morgan fingerprint density at radius 3 is 1.35 bits per heavy atom. The molecular weight excluding hydrogens is 275 g/mol. The van der Waals surface area contributed by atoms with Gasteiger partial charge in [-0.2, -0.15) is 0 Å². The molecule has 0 bridgehead atoms. The predicted molar refractivity (Wildman–Crippen MR) is 75.0 cm³/mol. The summed E-state index contributed by atoms with van der Waals surface area (Å²) in [6.07, 6.45) is 0. The lowest BCUT2D eigenvalue weighted by Gasteiger charge is -2.29. The molecular formula is C14H11Cl3. The summed E-state index contributed by atoms with van der Waals surface area (Å²) in [5.74, 6) is 0. The third-order valence-electron chi connectivity index (χ3n) is 2.69. The molecule has 0 heterocycles. The van der Waals surface area contributed by atoms with Crippen molar-refractivity contribution in [1.29, 1.82) is 0 Å². The van der Waals surface area contributed by atoms with Gasteiger partial charge in [-0.05, 0) is 11.1 Å². The van der Waals surface area contributed by atoms with Crippen LogP contribution in [0.3, 0.4) is 0 Å². The van der Waals surface area contributed by atoms with Crippen molar-refractivity contribution in [3.8, 4) is 0 Å². The maximum Gasteiger partial charge on any atom is 0.135 e. The Morgan fingerprint density at radius 2 is 1.06 bits per heavy atom. The molecule has 2 aromatic rings. The molecule has 0 radical (unpaired) electrons. The van der Waals surface area contributed by atoms with E-state index < -0.39 is 9.71 Å². The Kier molecular flexibility index (Phi) is 3.98. The zero-order valence-corrected chi connectivity index (χ0v) is 11.3. The Morgan fingerprint density at radius 1 is 0.706 bits per heavy atom. The summed E-state index contributed by atoms with van der Waals surface area (Å²) in [6.45, 7) is 0. The number of hydrogen-bond donors (Lipinski definition) is 0. The lowest BCUT2D eigenvalue weighted by Crippen LogP contribution is -2.28. The molecule has 0 N–H and O–H groups in total. The minimum atomic E-state index is -0.911. The molecule has 0 fully saturated rings. The van der Waals surface area contributed by atoms with E-state index in [1.165, 1.54) is 0 Å². The van der Waals surface area contributed by atoms with Gasteiger partial charge in [0.1, 0.15) is 9.71 Å². The van der Waals surface area contributed by atoms with Gasteiger partial charge in [0, 0.05) is 0 Å². The maximum absolute atomic E-state index is 6.66. The monoisotopic (exact) mass is 284 g/mol. The molecule has 0 aliphatic heterocycles. The molecule has 2 rings (SSSR count). The first-order valence-electron chi connectivity index (χ1n) is 5.24. The minimum Gasteiger partial charge on any atom is -0.106 e. The van der Waals surface area contributed by atoms with Gasteiger partial charge in [-0.15, -0.1) is 34.8 Å². The van der Waals surface area contributed by atoms with Crippen molar-refractivity contribution >= 4 is 34.8 Å². The van der Waals surface area contributed by atoms with Crippen LogP contribution in [0.4, 0.5) is 0 Å². The van der Waals surface area contributed by atoms with E-state index >= 15 is 0 Å². The molecule has 17 heavy (non-hydrogen) atoms. The summed E-state index contributed by atoms with van der Waals surface area (Å²) in [5.41, 5.74) is 1.78. The van der Waals surface area contributed by atoms with Crippen LogP contribution in [-0.2, 0) is 4.87 Å². The van der Waals surface area contributed by atoms with Crippen molar-refractivity contribution in [1.82, 2.24) is 0 Å². The van der Waals surface area contributed by atoms with Gasteiger partial charge in [0.25, 0.3) is 0 Å². The van der Waals surface area contributed by atoms with Gasteiger partial charge in [-0.25, -0.2) is 0 Å². The van der Waals surface area contributed by atoms with Gasteiger partial charge in [0.2, 0.25) is 0 Å². The van der Waals surface area contributed by atoms with Crippen molar-refractivity contribution < 1.29 is 0 Å². The van der Waals surface area contributed by atoms with Gasteiger partial charge in [0.15, 0.2) is 0 Å². The second-order valence-electron chi connectivity index (χ2n) is 3.74. The molecule has 0 aliphatic rings. The molecule has 0 amide bonds. The molecule has 0 aliphatic carbocycles. The van der Waals surface area contributed by atoms with Crippen LogP contribution in [-0.4, -0.2) is 4.84 Å². The molecule has 0 unspecified atom stereocenters. The normalized spacial score (nSPS) is 11.8. The predicted octanol–water partition coefficient (Wildman–Crippen LogP) is 4.97. The number of halogens is 3. The van der Waals surface area contributed by atoms with E-state index in [1.54, 1.807) is 0 Å². The summed E-state index contributed by atoms with van der Waals surface area (Å²) in [4.78, 5) is -1.64. The first-order chi connectivity index (χ1) is 8.15. The van der Waals surface area contributed by atoms with Gasteiger partial charge < -0.3 is 0 Å². The second kappa shape index (κ2) is 5.30. The summed E-state index contributed by atoms with van der Waals surface area (Å²) in [6, 6.07) is 19.3. The molecule has 88 valence electrons. The summed E-state index contributed by atoms with van der Waals surface area (Å²) in [5, 5.41) is 0. The van der Waals surface area contributed by atoms with E-state index in [1.807, 2.05) is 60.7 Å². The van der Waals surface area contributed by atoms with Crippen LogP contribution in [0, 0.1) is 0 Å². The Hall–Kier alpha value is -0.690. The van der Waals surface area contributed by atoms with Crippen molar-refractivity contribution in [3.63, 3.8) is 0 Å². The zero-order valence-electron chi connectivity index (χ0n) is 8.98. The van der Waals surface area contributed by atoms with E-state index in [0.29, 0.717) is 0 Å². The van der Waals surface area contributed by atoms with Crippen LogP contribution in [0.2, 0.25) is 0 Å². The van der Waals surface area contributed by atoms with Gasteiger partial charge in [0.05, 0.1) is 0 Å². The van der Waals surface area contributed by atoms with Crippen LogP contribution < -0.4 is 0 Å². The second-order valence-corrected chi connectivity index (χ2v) is 5.44. The SMILES string of the molecule is ClC(Cl)C(Cl)(c1ccccc1)c1ccccc1. The number of alkyl halides is 3. The van der Waals surface area contributed by atoms with E-state index in [9.17, 15) is 0 Å². The number of hydrogen-bond acceptors (Lipinski definition) is 0. The third-order valence-corrected chi connectivity index (χ3v) is 4.22. The summed E-state index contributed by atoms with van der Waals surface area (Å²) < 4.78 is 0. The Balaban J connectivity index is 2.55. The summed E-state index contributed by atoms with van der Waals surface area (Å²) >= 11 is 18.8. The van der Waals surface area contributed by atoms with Crippen LogP contribution in [0.5, 0.6) is 0 Å². The topological polar surface area (TPSA) is 0 Å². The van der Waals surface area contributed by atoms with Crippen LogP contribution >= 0.6 is 34.8 Å². The highest BCUT2D eigenvalue weighted by Crippen LogP contribution is 2.43. The van der Waals surface area contributed by atoms with Crippen molar-refractivity contribution in [3.05, 3.63) is 71.8 Å². The first kappa shape index (κ1) is 12.8. The molecule has 0 atom stereocenters. The first-order valence-corrected chi connectivity index (χ1v) is 6.49. The fraction of sp³-hybridized carbons (Fsp3) is 0.143. The quantitative estimate of drug-likeness (QED) is 0.698. The fourth-order valence-electron chi connectivity index (χ4n) is 1.78. The van der Waals surface area contributed by atoms with Crippen molar-refractivity contribution in [2.75, 3.05) is 0 Å². The molecule has 2 aromatic carbocycles. The smallest absolute Gasteiger partial charge is 0.106 e. The largest absolute Gasteiger partial charge is 0.135 e. The highest BCUT2D eigenvalue weighted by molar-refractivity contribution is 6.50. The Bertz CT molecular complexity index is 426. The average Bonchev–Trinajstić information content (AvgIpc) is 2.39. The molecule has 0 nitrogen and oxygen atoms in total. The van der Waals surface area contributed by atoms with Gasteiger partial charge in [-0.3, -0.25) is 0 Å². The zero-order chi connectivity index (χ0) is 12.3. The molecule has 0 spiro atoms. The fourth-order valence-corrected chi connectivity index (χ4v) is 2.54. The maximum atomic E-state index is 6.66. The van der Waals surface area contributed by atoms with Crippen LogP contribution in [0.15, 0.2) is 60.7 Å². The van der Waals surface area contributed by atoms with E-state index in [4.69, 9.17) is 34.8 Å². The van der Waals surface area contributed by atoms with E-state index in [2.05, 4.69) is 0 Å². The highest BCUT2D eigenvalue weighted by Gasteiger charge is 2.38. The van der Waals surface area contributed by atoms with Crippen LogP contribution in [0.1, 0.15) is 11.1 Å². The number of benzene rings is 2. The average molecular weight is 286 g/mol. The molecule has 0 saturated heterocycles. The van der Waals surface area contributed by atoms with Crippen LogP contribution in [0.25, 0.3) is 0 Å². The third kappa shape index (κ3) is 2.44. The van der Waals surface area contributed by atoms with Crippen molar-refractivity contribution in [2.24, 2.45) is 0 Å². The minimum absolute atomic E-state index is 0.728. The van der Waals surface area contributed by atoms with E-state index in [0.717, 1.165) is 11.1 Å².